The molecule has 1 aliphatic heterocycles. The molecule has 1 nitrogen and oxygen atoms in total. The zero-order valence-electron chi connectivity index (χ0n) is 8.56. The molecule has 2 fully saturated rings. The normalized spacial score (nSPS) is 37.8. The average Bonchev–Trinajstić information content (AvgIpc) is 2.87. The van der Waals surface area contributed by atoms with Crippen molar-refractivity contribution in [3.8, 4) is 0 Å². The third-order valence-corrected chi connectivity index (χ3v) is 4.79. The first-order chi connectivity index (χ1) is 7.14. The molecule has 3 rings (SSSR count). The molecule has 1 aromatic carbocycles. The minimum atomic E-state index is 0.341. The first-order valence-corrected chi connectivity index (χ1v) is 6.09. The summed E-state index contributed by atoms with van der Waals surface area (Å²) in [5.74, 6) is 0.796. The van der Waals surface area contributed by atoms with Gasteiger partial charge in [0.25, 0.3) is 0 Å². The lowest BCUT2D eigenvalue weighted by atomic mass is 9.89. The second-order valence-corrected chi connectivity index (χ2v) is 5.51. The third-order valence-electron chi connectivity index (χ3n) is 4.05. The number of benzene rings is 1. The summed E-state index contributed by atoms with van der Waals surface area (Å²) in [5.41, 5.74) is 1.69. The van der Waals surface area contributed by atoms with E-state index in [2.05, 4.69) is 18.3 Å². The highest BCUT2D eigenvalue weighted by Gasteiger charge is 2.62. The van der Waals surface area contributed by atoms with E-state index in [1.807, 2.05) is 12.1 Å². The second kappa shape index (κ2) is 3.13. The summed E-state index contributed by atoms with van der Waals surface area (Å²) >= 11 is 12.0. The number of rotatable bonds is 1. The van der Waals surface area contributed by atoms with Crippen molar-refractivity contribution >= 4 is 23.2 Å². The fourth-order valence-corrected chi connectivity index (χ4v) is 3.32. The summed E-state index contributed by atoms with van der Waals surface area (Å²) in [7, 11) is 0. The molecule has 80 valence electrons. The van der Waals surface area contributed by atoms with Gasteiger partial charge < -0.3 is 5.32 Å². The van der Waals surface area contributed by atoms with Crippen molar-refractivity contribution in [3.05, 3.63) is 33.8 Å². The summed E-state index contributed by atoms with van der Waals surface area (Å²) < 4.78 is 0. The highest BCUT2D eigenvalue weighted by atomic mass is 35.5. The van der Waals surface area contributed by atoms with Gasteiger partial charge in [0.05, 0.1) is 10.0 Å². The molecule has 15 heavy (non-hydrogen) atoms. The van der Waals surface area contributed by atoms with Crippen LogP contribution in [0.1, 0.15) is 18.9 Å². The van der Waals surface area contributed by atoms with E-state index in [1.165, 1.54) is 12.0 Å². The predicted octanol–water partition coefficient (Wildman–Crippen LogP) is 3.24. The topological polar surface area (TPSA) is 12.0 Å². The molecule has 2 aliphatic rings. The molecular weight excluding hydrogens is 229 g/mol. The Morgan fingerprint density at radius 3 is 2.67 bits per heavy atom. The van der Waals surface area contributed by atoms with Gasteiger partial charge in [0, 0.05) is 11.5 Å². The van der Waals surface area contributed by atoms with Crippen molar-refractivity contribution in [3.63, 3.8) is 0 Å². The van der Waals surface area contributed by atoms with Crippen LogP contribution in [-0.2, 0) is 5.41 Å². The van der Waals surface area contributed by atoms with Crippen LogP contribution >= 0.6 is 23.2 Å². The molecule has 0 spiro atoms. The van der Waals surface area contributed by atoms with Crippen molar-refractivity contribution in [2.24, 2.45) is 5.92 Å². The molecule has 1 aromatic rings. The molecule has 1 saturated heterocycles. The van der Waals surface area contributed by atoms with Crippen molar-refractivity contribution in [1.29, 1.82) is 0 Å². The molecule has 1 aliphatic carbocycles. The van der Waals surface area contributed by atoms with E-state index < -0.39 is 0 Å². The van der Waals surface area contributed by atoms with Crippen LogP contribution in [0.2, 0.25) is 10.0 Å². The Labute approximate surface area is 99.8 Å². The summed E-state index contributed by atoms with van der Waals surface area (Å²) in [4.78, 5) is 0. The SMILES string of the molecule is CC1NC[C@H]2C[C@@]12c1ccc(Cl)c(Cl)c1. The Bertz CT molecular complexity index is 418. The number of nitrogens with one attached hydrogen (secondary N) is 1. The summed E-state index contributed by atoms with van der Waals surface area (Å²) in [5, 5.41) is 4.84. The van der Waals surface area contributed by atoms with Gasteiger partial charge in [0.2, 0.25) is 0 Å². The van der Waals surface area contributed by atoms with Crippen LogP contribution in [0.3, 0.4) is 0 Å². The molecular formula is C12H13Cl2N. The second-order valence-electron chi connectivity index (χ2n) is 4.70. The first-order valence-electron chi connectivity index (χ1n) is 5.33. The van der Waals surface area contributed by atoms with Crippen molar-refractivity contribution in [2.45, 2.75) is 24.8 Å². The standard InChI is InChI=1S/C12H13Cl2N/c1-7-12(5-9(12)6-15-7)8-2-3-10(13)11(14)4-8/h2-4,7,9,15H,5-6H2,1H3/t7?,9-,12+/m1/s1. The van der Waals surface area contributed by atoms with Gasteiger partial charge in [-0.25, -0.2) is 0 Å². The Hall–Kier alpha value is -0.240. The molecule has 0 radical (unpaired) electrons. The Balaban J connectivity index is 2.03. The lowest BCUT2D eigenvalue weighted by Crippen LogP contribution is -2.31. The van der Waals surface area contributed by atoms with Gasteiger partial charge in [-0.1, -0.05) is 29.3 Å². The highest BCUT2D eigenvalue weighted by Crippen LogP contribution is 2.59. The van der Waals surface area contributed by atoms with Crippen LogP contribution < -0.4 is 5.32 Å². The summed E-state index contributed by atoms with van der Waals surface area (Å²) in [6, 6.07) is 6.62. The Kier molecular flexibility index (Phi) is 2.08. The molecule has 0 aromatic heterocycles. The van der Waals surface area contributed by atoms with Crippen LogP contribution in [0.15, 0.2) is 18.2 Å². The minimum Gasteiger partial charge on any atom is -0.313 e. The monoisotopic (exact) mass is 241 g/mol. The highest BCUT2D eigenvalue weighted by molar-refractivity contribution is 6.42. The fourth-order valence-electron chi connectivity index (χ4n) is 3.02. The third kappa shape index (κ3) is 1.27. The lowest BCUT2D eigenvalue weighted by Gasteiger charge is -2.20. The maximum absolute atomic E-state index is 6.07. The van der Waals surface area contributed by atoms with Gasteiger partial charge >= 0.3 is 0 Å². The van der Waals surface area contributed by atoms with E-state index in [4.69, 9.17) is 23.2 Å². The predicted molar refractivity (Wildman–Crippen MR) is 63.7 cm³/mol. The van der Waals surface area contributed by atoms with E-state index >= 15 is 0 Å². The van der Waals surface area contributed by atoms with Gasteiger partial charge in [-0.3, -0.25) is 0 Å². The largest absolute Gasteiger partial charge is 0.313 e. The quantitative estimate of drug-likeness (QED) is 0.797. The molecule has 1 unspecified atom stereocenters. The van der Waals surface area contributed by atoms with E-state index in [0.29, 0.717) is 21.5 Å². The van der Waals surface area contributed by atoms with Gasteiger partial charge in [-0.15, -0.1) is 0 Å². The molecule has 0 bridgehead atoms. The summed E-state index contributed by atoms with van der Waals surface area (Å²) in [6.07, 6.45) is 1.29. The van der Waals surface area contributed by atoms with Crippen molar-refractivity contribution < 1.29 is 0 Å². The maximum Gasteiger partial charge on any atom is 0.0595 e. The Morgan fingerprint density at radius 2 is 2.13 bits per heavy atom. The number of hydrogen-bond acceptors (Lipinski definition) is 1. The molecule has 1 heterocycles. The van der Waals surface area contributed by atoms with Gasteiger partial charge in [0.15, 0.2) is 0 Å². The van der Waals surface area contributed by atoms with Gasteiger partial charge in [-0.05, 0) is 43.5 Å². The maximum atomic E-state index is 6.07. The minimum absolute atomic E-state index is 0.341. The van der Waals surface area contributed by atoms with Gasteiger partial charge in [0.1, 0.15) is 0 Å². The average molecular weight is 242 g/mol. The lowest BCUT2D eigenvalue weighted by molar-refractivity contribution is 0.520. The smallest absolute Gasteiger partial charge is 0.0595 e. The van der Waals surface area contributed by atoms with E-state index in [-0.39, 0.29) is 0 Å². The number of hydrogen-bond donors (Lipinski definition) is 1. The number of piperidine rings is 1. The van der Waals surface area contributed by atoms with Crippen LogP contribution in [0.4, 0.5) is 0 Å². The van der Waals surface area contributed by atoms with Crippen LogP contribution in [-0.4, -0.2) is 12.6 Å². The molecule has 1 saturated carbocycles. The molecule has 1 N–H and O–H groups in total. The zero-order valence-corrected chi connectivity index (χ0v) is 10.1. The molecule has 3 heteroatoms. The number of fused-ring (bicyclic) bond motifs is 1. The Morgan fingerprint density at radius 1 is 1.33 bits per heavy atom. The van der Waals surface area contributed by atoms with E-state index in [0.717, 1.165) is 12.5 Å². The molecule has 0 amide bonds. The zero-order chi connectivity index (χ0) is 10.6. The first kappa shape index (κ1) is 9.95. The van der Waals surface area contributed by atoms with Crippen molar-refractivity contribution in [2.75, 3.05) is 6.54 Å². The van der Waals surface area contributed by atoms with E-state index in [1.54, 1.807) is 0 Å². The summed E-state index contributed by atoms with van der Waals surface area (Å²) in [6.45, 7) is 3.40. The van der Waals surface area contributed by atoms with E-state index in [9.17, 15) is 0 Å². The van der Waals surface area contributed by atoms with Crippen LogP contribution in [0, 0.1) is 5.92 Å². The van der Waals surface area contributed by atoms with Crippen molar-refractivity contribution in [1.82, 2.24) is 5.32 Å². The number of halogens is 2. The molecule has 3 atom stereocenters. The fraction of sp³-hybridized carbons (Fsp3) is 0.500. The van der Waals surface area contributed by atoms with Gasteiger partial charge in [-0.2, -0.15) is 0 Å². The van der Waals surface area contributed by atoms with Crippen LogP contribution in [0.25, 0.3) is 0 Å². The van der Waals surface area contributed by atoms with Crippen LogP contribution in [0.5, 0.6) is 0 Å².